The first-order chi connectivity index (χ1) is 8.86. The first-order valence-electron chi connectivity index (χ1n) is 5.88. The minimum absolute atomic E-state index is 0.608. The van der Waals surface area contributed by atoms with Crippen molar-refractivity contribution >= 4 is 10.9 Å². The second kappa shape index (κ2) is 4.63. The molecule has 0 spiro atoms. The third kappa shape index (κ3) is 2.00. The van der Waals surface area contributed by atoms with Gasteiger partial charge in [0.2, 0.25) is 0 Å². The summed E-state index contributed by atoms with van der Waals surface area (Å²) in [6.07, 6.45) is 3.66. The summed E-state index contributed by atoms with van der Waals surface area (Å²) >= 11 is 0. The number of fused-ring (bicyclic) bond motifs is 1. The molecule has 0 aliphatic carbocycles. The van der Waals surface area contributed by atoms with Crippen molar-refractivity contribution in [2.24, 2.45) is 0 Å². The highest BCUT2D eigenvalue weighted by molar-refractivity contribution is 5.85. The van der Waals surface area contributed by atoms with E-state index in [1.54, 1.807) is 13.3 Å². The summed E-state index contributed by atoms with van der Waals surface area (Å²) in [4.78, 5) is 7.51. The molecule has 3 heteroatoms. The first-order valence-corrected chi connectivity index (χ1v) is 5.88. The van der Waals surface area contributed by atoms with Crippen molar-refractivity contribution in [3.05, 3.63) is 54.5 Å². The lowest BCUT2D eigenvalue weighted by Gasteiger charge is -2.00. The normalized spacial score (nSPS) is 10.9. The van der Waals surface area contributed by atoms with Crippen LogP contribution in [0.4, 0.5) is 0 Å². The van der Waals surface area contributed by atoms with Gasteiger partial charge in [0.05, 0.1) is 6.61 Å². The van der Waals surface area contributed by atoms with Crippen molar-refractivity contribution < 1.29 is 4.74 Å². The fourth-order valence-electron chi connectivity index (χ4n) is 2.13. The molecule has 18 heavy (non-hydrogen) atoms. The number of nitrogens with zero attached hydrogens (tertiary/aromatic N) is 1. The highest BCUT2D eigenvalue weighted by Gasteiger charge is 2.03. The summed E-state index contributed by atoms with van der Waals surface area (Å²) in [6, 6.07) is 12.5. The highest BCUT2D eigenvalue weighted by atomic mass is 16.5. The Morgan fingerprint density at radius 1 is 1.17 bits per heavy atom. The zero-order valence-corrected chi connectivity index (χ0v) is 10.2. The summed E-state index contributed by atoms with van der Waals surface area (Å²) in [6.45, 7) is 0.608. The average Bonchev–Trinajstić information content (AvgIpc) is 2.81. The van der Waals surface area contributed by atoms with E-state index in [-0.39, 0.29) is 0 Å². The van der Waals surface area contributed by atoms with Crippen molar-refractivity contribution in [2.45, 2.75) is 6.61 Å². The van der Waals surface area contributed by atoms with Gasteiger partial charge in [-0.2, -0.15) is 0 Å². The number of hydrogen-bond donors (Lipinski definition) is 1. The molecular weight excluding hydrogens is 224 g/mol. The molecule has 2 aromatic heterocycles. The van der Waals surface area contributed by atoms with Gasteiger partial charge >= 0.3 is 0 Å². The highest BCUT2D eigenvalue weighted by Crippen LogP contribution is 2.24. The molecule has 2 heterocycles. The third-order valence-electron chi connectivity index (χ3n) is 2.97. The van der Waals surface area contributed by atoms with Crippen LogP contribution in [-0.2, 0) is 11.3 Å². The maximum atomic E-state index is 5.13. The summed E-state index contributed by atoms with van der Waals surface area (Å²) in [5.74, 6) is 0. The molecule has 0 aliphatic rings. The standard InChI is InChI=1S/C15H14N2O/c1-18-10-14-7-12-5-4-11(8-15(12)17-14)13-3-2-6-16-9-13/h2-9,17H,10H2,1H3. The smallest absolute Gasteiger partial charge is 0.0862 e. The average molecular weight is 238 g/mol. The molecular formula is C15H14N2O. The van der Waals surface area contributed by atoms with Gasteiger partial charge in [-0.3, -0.25) is 4.98 Å². The van der Waals surface area contributed by atoms with Gasteiger partial charge in [0, 0.05) is 36.3 Å². The van der Waals surface area contributed by atoms with E-state index in [0.29, 0.717) is 6.61 Å². The Morgan fingerprint density at radius 3 is 2.89 bits per heavy atom. The lowest BCUT2D eigenvalue weighted by atomic mass is 10.1. The first kappa shape index (κ1) is 11.0. The third-order valence-corrected chi connectivity index (χ3v) is 2.97. The Hall–Kier alpha value is -2.13. The van der Waals surface area contributed by atoms with Crippen LogP contribution in [0, 0.1) is 0 Å². The number of hydrogen-bond acceptors (Lipinski definition) is 2. The van der Waals surface area contributed by atoms with Gasteiger partial charge < -0.3 is 9.72 Å². The summed E-state index contributed by atoms with van der Waals surface area (Å²) in [7, 11) is 1.70. The Labute approximate surface area is 105 Å². The van der Waals surface area contributed by atoms with Crippen LogP contribution in [0.2, 0.25) is 0 Å². The van der Waals surface area contributed by atoms with Crippen LogP contribution in [0.25, 0.3) is 22.0 Å². The number of aromatic nitrogens is 2. The maximum Gasteiger partial charge on any atom is 0.0862 e. The largest absolute Gasteiger partial charge is 0.378 e. The zero-order valence-electron chi connectivity index (χ0n) is 10.2. The minimum Gasteiger partial charge on any atom is -0.378 e. The Balaban J connectivity index is 2.05. The fraction of sp³-hybridized carbons (Fsp3) is 0.133. The second-order valence-corrected chi connectivity index (χ2v) is 4.27. The number of aromatic amines is 1. The van der Waals surface area contributed by atoms with E-state index in [1.165, 1.54) is 10.9 Å². The number of benzene rings is 1. The molecule has 0 radical (unpaired) electrons. The molecule has 1 aromatic carbocycles. The van der Waals surface area contributed by atoms with E-state index in [4.69, 9.17) is 4.74 Å². The van der Waals surface area contributed by atoms with Gasteiger partial charge in [-0.25, -0.2) is 0 Å². The second-order valence-electron chi connectivity index (χ2n) is 4.27. The van der Waals surface area contributed by atoms with Crippen molar-refractivity contribution in [2.75, 3.05) is 7.11 Å². The number of rotatable bonds is 3. The van der Waals surface area contributed by atoms with Crippen LogP contribution in [-0.4, -0.2) is 17.1 Å². The number of H-pyrrole nitrogens is 1. The van der Waals surface area contributed by atoms with Gasteiger partial charge in [0.1, 0.15) is 0 Å². The Bertz CT molecular complexity index is 659. The van der Waals surface area contributed by atoms with Gasteiger partial charge in [0.15, 0.2) is 0 Å². The molecule has 0 saturated carbocycles. The van der Waals surface area contributed by atoms with Crippen LogP contribution in [0.15, 0.2) is 48.8 Å². The van der Waals surface area contributed by atoms with Crippen LogP contribution in [0.5, 0.6) is 0 Å². The molecule has 0 bridgehead atoms. The minimum atomic E-state index is 0.608. The topological polar surface area (TPSA) is 37.9 Å². The van der Waals surface area contributed by atoms with E-state index in [9.17, 15) is 0 Å². The van der Waals surface area contributed by atoms with E-state index >= 15 is 0 Å². The molecule has 0 fully saturated rings. The van der Waals surface area contributed by atoms with Gasteiger partial charge in [0.25, 0.3) is 0 Å². The molecule has 0 amide bonds. The SMILES string of the molecule is COCc1cc2ccc(-c3cccnc3)cc2[nH]1. The van der Waals surface area contributed by atoms with Crippen molar-refractivity contribution in [3.63, 3.8) is 0 Å². The molecule has 3 aromatic rings. The number of ether oxygens (including phenoxy) is 1. The van der Waals surface area contributed by atoms with Gasteiger partial charge in [-0.15, -0.1) is 0 Å². The summed E-state index contributed by atoms with van der Waals surface area (Å²) in [5, 5.41) is 1.20. The fourth-order valence-corrected chi connectivity index (χ4v) is 2.13. The number of pyridine rings is 1. The lowest BCUT2D eigenvalue weighted by Crippen LogP contribution is -1.85. The summed E-state index contributed by atoms with van der Waals surface area (Å²) < 4.78 is 5.13. The number of nitrogens with one attached hydrogen (secondary N) is 1. The number of methoxy groups -OCH3 is 1. The molecule has 0 saturated heterocycles. The molecule has 1 N–H and O–H groups in total. The Kier molecular flexibility index (Phi) is 2.82. The van der Waals surface area contributed by atoms with Crippen molar-refractivity contribution in [1.29, 1.82) is 0 Å². The van der Waals surface area contributed by atoms with Crippen LogP contribution >= 0.6 is 0 Å². The molecule has 3 rings (SSSR count). The molecule has 0 unspecified atom stereocenters. The van der Waals surface area contributed by atoms with E-state index in [0.717, 1.165) is 16.8 Å². The quantitative estimate of drug-likeness (QED) is 0.759. The van der Waals surface area contributed by atoms with Crippen LogP contribution in [0.3, 0.4) is 0 Å². The van der Waals surface area contributed by atoms with Gasteiger partial charge in [-0.05, 0) is 29.1 Å². The van der Waals surface area contributed by atoms with Crippen LogP contribution in [0.1, 0.15) is 5.69 Å². The maximum absolute atomic E-state index is 5.13. The Morgan fingerprint density at radius 2 is 2.11 bits per heavy atom. The molecule has 0 aliphatic heterocycles. The molecule has 3 nitrogen and oxygen atoms in total. The summed E-state index contributed by atoms with van der Waals surface area (Å²) in [5.41, 5.74) is 4.52. The van der Waals surface area contributed by atoms with E-state index < -0.39 is 0 Å². The monoisotopic (exact) mass is 238 g/mol. The van der Waals surface area contributed by atoms with Crippen molar-refractivity contribution in [1.82, 2.24) is 9.97 Å². The van der Waals surface area contributed by atoms with Crippen molar-refractivity contribution in [3.8, 4) is 11.1 Å². The predicted molar refractivity (Wildman–Crippen MR) is 72.2 cm³/mol. The lowest BCUT2D eigenvalue weighted by molar-refractivity contribution is 0.182. The molecule has 90 valence electrons. The molecule has 0 atom stereocenters. The van der Waals surface area contributed by atoms with E-state index in [2.05, 4.69) is 40.3 Å². The zero-order chi connectivity index (χ0) is 12.4. The van der Waals surface area contributed by atoms with Gasteiger partial charge in [-0.1, -0.05) is 18.2 Å². The predicted octanol–water partition coefficient (Wildman–Crippen LogP) is 3.38. The van der Waals surface area contributed by atoms with E-state index in [1.807, 2.05) is 12.3 Å². The van der Waals surface area contributed by atoms with Crippen LogP contribution < -0.4 is 0 Å².